The molecular weight excluding hydrogens is 176 g/mol. The minimum atomic E-state index is -0.617. The van der Waals surface area contributed by atoms with Crippen LogP contribution in [0.3, 0.4) is 0 Å². The molecule has 0 spiro atoms. The van der Waals surface area contributed by atoms with Gasteiger partial charge in [0, 0.05) is 0 Å². The van der Waals surface area contributed by atoms with Crippen LogP contribution in [0.4, 0.5) is 0 Å². The van der Waals surface area contributed by atoms with Crippen LogP contribution in [-0.4, -0.2) is 69.1 Å². The Morgan fingerprint density at radius 3 is 2.55 bits per heavy atom. The zero-order valence-electron chi connectivity index (χ0n) is 5.79. The van der Waals surface area contributed by atoms with Crippen molar-refractivity contribution in [3.63, 3.8) is 0 Å². The van der Waals surface area contributed by atoms with Gasteiger partial charge in [-0.1, -0.05) is 0 Å². The Morgan fingerprint density at radius 2 is 2.18 bits per heavy atom. The van der Waals surface area contributed by atoms with E-state index in [-0.39, 0.29) is 56.7 Å². The van der Waals surface area contributed by atoms with Gasteiger partial charge in [0.2, 0.25) is 0 Å². The van der Waals surface area contributed by atoms with Crippen LogP contribution in [0.2, 0.25) is 0 Å². The van der Waals surface area contributed by atoms with Gasteiger partial charge in [-0.3, -0.25) is 0 Å². The van der Waals surface area contributed by atoms with Crippen LogP contribution in [-0.2, 0) is 14.3 Å². The molecule has 0 fully saturated rings. The molecule has 0 aromatic heterocycles. The van der Waals surface area contributed by atoms with Gasteiger partial charge in [-0.15, -0.1) is 0 Å². The van der Waals surface area contributed by atoms with E-state index in [4.69, 9.17) is 5.11 Å². The zero-order valence-corrected chi connectivity index (χ0v) is 5.79. The number of aliphatic hydroxyl groups excluding tert-OH is 1. The van der Waals surface area contributed by atoms with Gasteiger partial charge in [0.1, 0.15) is 6.61 Å². The fourth-order valence-corrected chi connectivity index (χ4v) is 0.342. The van der Waals surface area contributed by atoms with E-state index >= 15 is 0 Å². The van der Waals surface area contributed by atoms with Gasteiger partial charge in [-0.05, 0) is 6.58 Å². The van der Waals surface area contributed by atoms with Crippen LogP contribution in [0.5, 0.6) is 0 Å². The third kappa shape index (κ3) is 6.62. The molecule has 1 N–H and O–H groups in total. The number of carbonyl (C=O) groups excluding carboxylic acids is 1. The molecule has 0 aromatic rings. The topological polar surface area (TPSA) is 55.8 Å². The summed E-state index contributed by atoms with van der Waals surface area (Å²) in [5, 5.41) is 8.25. The summed E-state index contributed by atoms with van der Waals surface area (Å²) in [5.41, 5.74) is 0. The third-order valence-corrected chi connectivity index (χ3v) is 0.781. The summed E-state index contributed by atoms with van der Waals surface area (Å²) in [6.45, 7) is 3.18. The Bertz CT molecular complexity index is 135. The monoisotopic (exact) mass is 188 g/mol. The molecule has 0 atom stereocenters. The standard InChI is InChI=1S/C6H10O4.Ca.2H/c1-5(6(8)9-2)10-4-3-7;;;/h7H,1,3-4H2,2H3;;;. The number of methoxy groups -OCH3 is 1. The predicted octanol–water partition coefficient (Wildman–Crippen LogP) is -1.23. The van der Waals surface area contributed by atoms with Gasteiger partial charge in [-0.25, -0.2) is 4.79 Å². The SMILES string of the molecule is C=C(OCCO)C(=O)OC.[CaH2]. The predicted molar refractivity (Wildman–Crippen MR) is 42.7 cm³/mol. The number of hydrogen-bond donors (Lipinski definition) is 1. The molecule has 0 heterocycles. The summed E-state index contributed by atoms with van der Waals surface area (Å²) in [6, 6.07) is 0. The summed E-state index contributed by atoms with van der Waals surface area (Å²) in [5.74, 6) is -0.704. The van der Waals surface area contributed by atoms with Crippen LogP contribution in [0.1, 0.15) is 0 Å². The van der Waals surface area contributed by atoms with Crippen molar-refractivity contribution < 1.29 is 19.4 Å². The first-order valence-corrected chi connectivity index (χ1v) is 2.73. The molecule has 0 rings (SSSR count). The van der Waals surface area contributed by atoms with E-state index in [0.29, 0.717) is 0 Å². The van der Waals surface area contributed by atoms with Crippen molar-refractivity contribution in [1.29, 1.82) is 0 Å². The van der Waals surface area contributed by atoms with E-state index in [2.05, 4.69) is 16.1 Å². The average molecular weight is 188 g/mol. The molecule has 0 unspecified atom stereocenters. The number of rotatable bonds is 4. The molecule has 0 aliphatic heterocycles. The molecule has 0 radical (unpaired) electrons. The first kappa shape index (κ1) is 13.8. The van der Waals surface area contributed by atoms with Crippen molar-refractivity contribution in [2.75, 3.05) is 20.3 Å². The first-order chi connectivity index (χ1) is 4.72. The van der Waals surface area contributed by atoms with Gasteiger partial charge in [0.15, 0.2) is 5.76 Å². The van der Waals surface area contributed by atoms with E-state index in [9.17, 15) is 4.79 Å². The Labute approximate surface area is 95.2 Å². The van der Waals surface area contributed by atoms with Crippen molar-refractivity contribution in [2.45, 2.75) is 0 Å². The van der Waals surface area contributed by atoms with Crippen LogP contribution in [0.15, 0.2) is 12.3 Å². The van der Waals surface area contributed by atoms with Gasteiger partial charge >= 0.3 is 43.7 Å². The van der Waals surface area contributed by atoms with E-state index in [1.54, 1.807) is 0 Å². The van der Waals surface area contributed by atoms with Crippen LogP contribution < -0.4 is 0 Å². The van der Waals surface area contributed by atoms with Crippen molar-refractivity contribution in [1.82, 2.24) is 0 Å². The fourth-order valence-electron chi connectivity index (χ4n) is 0.342. The maximum absolute atomic E-state index is 10.5. The second kappa shape index (κ2) is 8.33. The zero-order chi connectivity index (χ0) is 7.98. The molecule has 0 saturated heterocycles. The molecule has 5 heteroatoms. The van der Waals surface area contributed by atoms with Crippen molar-refractivity contribution in [3.8, 4) is 0 Å². The van der Waals surface area contributed by atoms with Crippen molar-refractivity contribution in [3.05, 3.63) is 12.3 Å². The summed E-state index contributed by atoms with van der Waals surface area (Å²) in [7, 11) is 1.23. The number of aliphatic hydroxyl groups is 1. The molecule has 11 heavy (non-hydrogen) atoms. The molecule has 0 aliphatic carbocycles. The van der Waals surface area contributed by atoms with E-state index in [1.165, 1.54) is 7.11 Å². The van der Waals surface area contributed by atoms with Gasteiger partial charge < -0.3 is 14.6 Å². The first-order valence-electron chi connectivity index (χ1n) is 2.73. The van der Waals surface area contributed by atoms with Crippen LogP contribution in [0.25, 0.3) is 0 Å². The Kier molecular flexibility index (Phi) is 10.4. The fraction of sp³-hybridized carbons (Fsp3) is 0.500. The normalized spacial score (nSPS) is 7.82. The Morgan fingerprint density at radius 1 is 1.64 bits per heavy atom. The molecule has 4 nitrogen and oxygen atoms in total. The van der Waals surface area contributed by atoms with Gasteiger partial charge in [0.05, 0.1) is 13.7 Å². The Balaban J connectivity index is 0. The van der Waals surface area contributed by atoms with E-state index in [1.807, 2.05) is 0 Å². The second-order valence-electron chi connectivity index (χ2n) is 1.49. The van der Waals surface area contributed by atoms with Gasteiger partial charge in [-0.2, -0.15) is 0 Å². The second-order valence-corrected chi connectivity index (χ2v) is 1.49. The number of hydrogen-bond acceptors (Lipinski definition) is 4. The molecular formula is C6H12CaO4. The average Bonchev–Trinajstić information content (AvgIpc) is 1.98. The molecule has 0 aromatic carbocycles. The number of carbonyl (C=O) groups is 1. The number of ether oxygens (including phenoxy) is 2. The molecule has 0 saturated carbocycles. The van der Waals surface area contributed by atoms with Crippen LogP contribution in [0, 0.1) is 0 Å². The molecule has 0 aliphatic rings. The number of esters is 1. The molecule has 0 bridgehead atoms. The summed E-state index contributed by atoms with van der Waals surface area (Å²) < 4.78 is 8.89. The maximum atomic E-state index is 10.5. The summed E-state index contributed by atoms with van der Waals surface area (Å²) >= 11 is 0. The van der Waals surface area contributed by atoms with Crippen LogP contribution >= 0.6 is 0 Å². The summed E-state index contributed by atoms with van der Waals surface area (Å²) in [4.78, 5) is 10.5. The van der Waals surface area contributed by atoms with Crippen molar-refractivity contribution >= 4 is 43.7 Å². The Hall–Kier alpha value is 0.230. The van der Waals surface area contributed by atoms with E-state index < -0.39 is 5.97 Å². The minimum absolute atomic E-state index is 0. The molecule has 0 amide bonds. The quantitative estimate of drug-likeness (QED) is 0.260. The molecule has 62 valence electrons. The third-order valence-electron chi connectivity index (χ3n) is 0.781. The van der Waals surface area contributed by atoms with E-state index in [0.717, 1.165) is 0 Å². The summed E-state index contributed by atoms with van der Waals surface area (Å²) in [6.07, 6.45) is 0. The van der Waals surface area contributed by atoms with Gasteiger partial charge in [0.25, 0.3) is 0 Å². The van der Waals surface area contributed by atoms with Crippen molar-refractivity contribution in [2.24, 2.45) is 0 Å².